The number of aromatic carboxylic acids is 1. The first-order valence-electron chi connectivity index (χ1n) is 7.54. The Kier molecular flexibility index (Phi) is 4.82. The largest absolute Gasteiger partial charge is 0.478 e. The zero-order valence-corrected chi connectivity index (χ0v) is 13.8. The van der Waals surface area contributed by atoms with E-state index in [2.05, 4.69) is 36.9 Å². The molecule has 0 fully saturated rings. The van der Waals surface area contributed by atoms with Crippen molar-refractivity contribution in [1.29, 1.82) is 0 Å². The van der Waals surface area contributed by atoms with E-state index >= 15 is 0 Å². The predicted octanol–water partition coefficient (Wildman–Crippen LogP) is 5.51. The third kappa shape index (κ3) is 3.58. The molecule has 24 heavy (non-hydrogen) atoms. The van der Waals surface area contributed by atoms with Crippen LogP contribution in [0.4, 0.5) is 0 Å². The fourth-order valence-corrected chi connectivity index (χ4v) is 2.81. The monoisotopic (exact) mass is 332 g/mol. The van der Waals surface area contributed by atoms with Crippen molar-refractivity contribution in [2.24, 2.45) is 0 Å². The molecule has 0 heterocycles. The quantitative estimate of drug-likeness (QED) is 0.488. The summed E-state index contributed by atoms with van der Waals surface area (Å²) < 4.78 is 0. The number of carboxylic acid groups (broad SMARTS) is 1. The van der Waals surface area contributed by atoms with Crippen LogP contribution in [0.1, 0.15) is 21.5 Å². The van der Waals surface area contributed by atoms with E-state index < -0.39 is 5.97 Å². The minimum atomic E-state index is -0.949. The maximum atomic E-state index is 11.0. The summed E-state index contributed by atoms with van der Waals surface area (Å²) in [5, 5.41) is 9.02. The summed E-state index contributed by atoms with van der Waals surface area (Å²) in [5.74, 6) is -0.949. The topological polar surface area (TPSA) is 37.3 Å². The molecule has 3 rings (SSSR count). The number of rotatable bonds is 4. The minimum Gasteiger partial charge on any atom is -0.478 e. The summed E-state index contributed by atoms with van der Waals surface area (Å²) in [6.07, 6.45) is 3.98. The van der Waals surface area contributed by atoms with Crippen LogP contribution >= 0.6 is 12.6 Å². The van der Waals surface area contributed by atoms with Crippen molar-refractivity contribution in [3.8, 4) is 11.1 Å². The Hall–Kier alpha value is -2.78. The molecule has 0 saturated heterocycles. The summed E-state index contributed by atoms with van der Waals surface area (Å²) in [6, 6.07) is 23.3. The van der Waals surface area contributed by atoms with Gasteiger partial charge in [-0.1, -0.05) is 72.8 Å². The lowest BCUT2D eigenvalue weighted by Crippen LogP contribution is -1.96. The highest BCUT2D eigenvalue weighted by Gasteiger charge is 2.05. The molecule has 118 valence electrons. The summed E-state index contributed by atoms with van der Waals surface area (Å²) in [4.78, 5) is 11.6. The van der Waals surface area contributed by atoms with Crippen molar-refractivity contribution in [1.82, 2.24) is 0 Å². The highest BCUT2D eigenvalue weighted by Crippen LogP contribution is 2.26. The first-order chi connectivity index (χ1) is 11.6. The zero-order chi connectivity index (χ0) is 16.9. The van der Waals surface area contributed by atoms with Gasteiger partial charge in [-0.15, -0.1) is 12.6 Å². The summed E-state index contributed by atoms with van der Waals surface area (Å²) in [7, 11) is 0. The predicted molar refractivity (Wildman–Crippen MR) is 101 cm³/mol. The zero-order valence-electron chi connectivity index (χ0n) is 12.9. The Morgan fingerprint density at radius 2 is 1.50 bits per heavy atom. The van der Waals surface area contributed by atoms with Crippen molar-refractivity contribution in [3.05, 3.63) is 89.5 Å². The Balaban J connectivity index is 1.95. The highest BCUT2D eigenvalue weighted by atomic mass is 32.1. The van der Waals surface area contributed by atoms with Gasteiger partial charge in [-0.3, -0.25) is 0 Å². The van der Waals surface area contributed by atoms with E-state index in [9.17, 15) is 4.79 Å². The smallest absolute Gasteiger partial charge is 0.335 e. The third-order valence-electron chi connectivity index (χ3n) is 3.77. The molecule has 0 aliphatic carbocycles. The van der Waals surface area contributed by atoms with E-state index in [0.717, 1.165) is 22.3 Å². The molecule has 3 aromatic carbocycles. The van der Waals surface area contributed by atoms with Gasteiger partial charge in [0.1, 0.15) is 0 Å². The van der Waals surface area contributed by atoms with Crippen molar-refractivity contribution >= 4 is 30.8 Å². The van der Waals surface area contributed by atoms with Crippen LogP contribution in [0.5, 0.6) is 0 Å². The number of carbonyl (C=O) groups is 1. The molecule has 2 nitrogen and oxygen atoms in total. The molecule has 0 unspecified atom stereocenters. The van der Waals surface area contributed by atoms with E-state index in [1.165, 1.54) is 0 Å². The van der Waals surface area contributed by atoms with Crippen LogP contribution in [0, 0.1) is 0 Å². The molecule has 0 radical (unpaired) electrons. The summed E-state index contributed by atoms with van der Waals surface area (Å²) in [6.45, 7) is 0. The molecule has 0 saturated carbocycles. The Morgan fingerprint density at radius 1 is 0.833 bits per heavy atom. The van der Waals surface area contributed by atoms with E-state index in [1.807, 2.05) is 42.5 Å². The van der Waals surface area contributed by atoms with Crippen LogP contribution in [0.2, 0.25) is 0 Å². The van der Waals surface area contributed by atoms with Crippen molar-refractivity contribution < 1.29 is 9.90 Å². The molecule has 3 aromatic rings. The van der Waals surface area contributed by atoms with E-state index in [-0.39, 0.29) is 5.56 Å². The normalized spacial score (nSPS) is 10.9. The number of thiol groups is 1. The Labute approximate surface area is 146 Å². The van der Waals surface area contributed by atoms with Gasteiger partial charge in [-0.2, -0.15) is 0 Å². The van der Waals surface area contributed by atoms with Gasteiger partial charge in [-0.05, 0) is 34.4 Å². The second-order valence-electron chi connectivity index (χ2n) is 5.37. The van der Waals surface area contributed by atoms with Crippen LogP contribution in [-0.2, 0) is 0 Å². The molecular formula is C21H16O2S. The van der Waals surface area contributed by atoms with Crippen molar-refractivity contribution in [2.75, 3.05) is 0 Å². The Bertz CT molecular complexity index is 899. The van der Waals surface area contributed by atoms with Crippen LogP contribution < -0.4 is 0 Å². The average molecular weight is 332 g/mol. The summed E-state index contributed by atoms with van der Waals surface area (Å²) >= 11 is 4.39. The number of hydrogen-bond donors (Lipinski definition) is 2. The molecule has 0 amide bonds. The molecule has 0 aromatic heterocycles. The van der Waals surface area contributed by atoms with Gasteiger partial charge in [0.15, 0.2) is 0 Å². The van der Waals surface area contributed by atoms with Crippen LogP contribution in [-0.4, -0.2) is 11.1 Å². The van der Waals surface area contributed by atoms with Gasteiger partial charge in [0.2, 0.25) is 0 Å². The van der Waals surface area contributed by atoms with Gasteiger partial charge in [0.05, 0.1) is 5.56 Å². The molecule has 0 spiro atoms. The lowest BCUT2D eigenvalue weighted by atomic mass is 9.99. The van der Waals surface area contributed by atoms with Gasteiger partial charge in [-0.25, -0.2) is 4.79 Å². The first-order valence-corrected chi connectivity index (χ1v) is 7.99. The van der Waals surface area contributed by atoms with E-state index in [4.69, 9.17) is 5.11 Å². The Morgan fingerprint density at radius 3 is 2.21 bits per heavy atom. The fraction of sp³-hybridized carbons (Fsp3) is 0. The number of hydrogen-bond acceptors (Lipinski definition) is 2. The van der Waals surface area contributed by atoms with E-state index in [0.29, 0.717) is 4.90 Å². The van der Waals surface area contributed by atoms with E-state index in [1.54, 1.807) is 18.2 Å². The number of carboxylic acids is 1. The molecular weight excluding hydrogens is 316 g/mol. The standard InChI is InChI=1S/C21H16O2S/c22-21(23)18-13-12-17(20(24)14-18)11-10-16-8-4-5-9-19(16)15-6-2-1-3-7-15/h1-14,24H,(H,22,23)/b11-10+. The van der Waals surface area contributed by atoms with Crippen LogP contribution in [0.25, 0.3) is 23.3 Å². The first kappa shape index (κ1) is 16.1. The molecule has 0 aliphatic rings. The average Bonchev–Trinajstić information content (AvgIpc) is 2.61. The van der Waals surface area contributed by atoms with Crippen LogP contribution in [0.15, 0.2) is 77.7 Å². The van der Waals surface area contributed by atoms with Crippen molar-refractivity contribution in [2.45, 2.75) is 4.90 Å². The maximum absolute atomic E-state index is 11.0. The summed E-state index contributed by atoms with van der Waals surface area (Å²) in [5.41, 5.74) is 4.52. The third-order valence-corrected chi connectivity index (χ3v) is 4.15. The van der Waals surface area contributed by atoms with Gasteiger partial charge in [0.25, 0.3) is 0 Å². The van der Waals surface area contributed by atoms with Gasteiger partial charge in [0, 0.05) is 4.90 Å². The van der Waals surface area contributed by atoms with Gasteiger partial charge >= 0.3 is 5.97 Å². The lowest BCUT2D eigenvalue weighted by molar-refractivity contribution is 0.0696. The minimum absolute atomic E-state index is 0.238. The fourth-order valence-electron chi connectivity index (χ4n) is 2.52. The maximum Gasteiger partial charge on any atom is 0.335 e. The van der Waals surface area contributed by atoms with Crippen molar-refractivity contribution in [3.63, 3.8) is 0 Å². The molecule has 3 heteroatoms. The SMILES string of the molecule is O=C(O)c1ccc(/C=C/c2ccccc2-c2ccccc2)c(S)c1. The lowest BCUT2D eigenvalue weighted by Gasteiger charge is -2.06. The van der Waals surface area contributed by atoms with Gasteiger partial charge < -0.3 is 5.11 Å². The molecule has 0 atom stereocenters. The highest BCUT2D eigenvalue weighted by molar-refractivity contribution is 7.80. The molecule has 1 N–H and O–H groups in total. The number of benzene rings is 3. The second-order valence-corrected chi connectivity index (χ2v) is 5.85. The second kappa shape index (κ2) is 7.20. The van der Waals surface area contributed by atoms with Crippen LogP contribution in [0.3, 0.4) is 0 Å². The molecule has 0 bridgehead atoms. The molecule has 0 aliphatic heterocycles.